The summed E-state index contributed by atoms with van der Waals surface area (Å²) in [5, 5.41) is 10.00. The van der Waals surface area contributed by atoms with Gasteiger partial charge in [-0.15, -0.1) is 11.3 Å². The second kappa shape index (κ2) is 7.57. The van der Waals surface area contributed by atoms with Gasteiger partial charge in [-0.05, 0) is 53.7 Å². The van der Waals surface area contributed by atoms with Gasteiger partial charge in [0, 0.05) is 18.3 Å². The second-order valence-electron chi connectivity index (χ2n) is 5.48. The molecular weight excluding hydrogens is 338 g/mol. The minimum absolute atomic E-state index is 0.0205. The average molecular weight is 360 g/mol. The molecule has 1 heterocycles. The number of hydrogen-bond acceptors (Lipinski definition) is 3. The zero-order valence-corrected chi connectivity index (χ0v) is 14.3. The first kappa shape index (κ1) is 16.0. The van der Waals surface area contributed by atoms with Crippen molar-refractivity contribution in [1.82, 2.24) is 4.90 Å². The largest absolute Gasteiger partial charge is 0.391 e. The third kappa shape index (κ3) is 4.30. The van der Waals surface area contributed by atoms with E-state index in [2.05, 4.69) is 22.0 Å². The van der Waals surface area contributed by atoms with Crippen LogP contribution in [0.5, 0.6) is 0 Å². The third-order valence-corrected chi connectivity index (χ3v) is 5.71. The SMILES string of the molecule is CN(C(=O)CCCc1ccc(Br)s1)C1CCCCC1O. The van der Waals surface area contributed by atoms with Crippen molar-refractivity contribution in [2.24, 2.45) is 0 Å². The highest BCUT2D eigenvalue weighted by atomic mass is 79.9. The highest BCUT2D eigenvalue weighted by molar-refractivity contribution is 9.11. The smallest absolute Gasteiger partial charge is 0.222 e. The van der Waals surface area contributed by atoms with E-state index in [1.54, 1.807) is 16.2 Å². The summed E-state index contributed by atoms with van der Waals surface area (Å²) in [4.78, 5) is 15.3. The van der Waals surface area contributed by atoms with Gasteiger partial charge in [-0.2, -0.15) is 0 Å². The summed E-state index contributed by atoms with van der Waals surface area (Å²) in [6.45, 7) is 0. The zero-order valence-electron chi connectivity index (χ0n) is 11.8. The fourth-order valence-electron chi connectivity index (χ4n) is 2.80. The normalized spacial score (nSPS) is 22.8. The van der Waals surface area contributed by atoms with Crippen molar-refractivity contribution < 1.29 is 9.90 Å². The molecule has 1 fully saturated rings. The van der Waals surface area contributed by atoms with Crippen LogP contribution in [-0.4, -0.2) is 35.1 Å². The van der Waals surface area contributed by atoms with Crippen LogP contribution in [0.3, 0.4) is 0 Å². The Kier molecular flexibility index (Phi) is 6.05. The first-order valence-corrected chi connectivity index (χ1v) is 8.87. The number of aliphatic hydroxyl groups excluding tert-OH is 1. The molecular formula is C15H22BrNO2S. The van der Waals surface area contributed by atoms with Crippen molar-refractivity contribution in [2.75, 3.05) is 7.05 Å². The van der Waals surface area contributed by atoms with E-state index in [9.17, 15) is 9.90 Å². The van der Waals surface area contributed by atoms with Gasteiger partial charge >= 0.3 is 0 Å². The predicted octanol–water partition coefficient (Wildman–Crippen LogP) is 3.60. The number of aliphatic hydroxyl groups is 1. The maximum absolute atomic E-state index is 12.2. The van der Waals surface area contributed by atoms with Crippen LogP contribution in [0, 0.1) is 0 Å². The lowest BCUT2D eigenvalue weighted by atomic mass is 9.91. The van der Waals surface area contributed by atoms with Gasteiger partial charge in [0.15, 0.2) is 0 Å². The summed E-state index contributed by atoms with van der Waals surface area (Å²) < 4.78 is 1.14. The van der Waals surface area contributed by atoms with E-state index >= 15 is 0 Å². The summed E-state index contributed by atoms with van der Waals surface area (Å²) >= 11 is 5.18. The molecule has 0 aromatic carbocycles. The van der Waals surface area contributed by atoms with Crippen molar-refractivity contribution in [3.05, 3.63) is 20.8 Å². The van der Waals surface area contributed by atoms with E-state index in [-0.39, 0.29) is 18.1 Å². The number of aryl methyl sites for hydroxylation is 1. The van der Waals surface area contributed by atoms with Crippen molar-refractivity contribution in [2.45, 2.75) is 57.1 Å². The predicted molar refractivity (Wildman–Crippen MR) is 86.0 cm³/mol. The van der Waals surface area contributed by atoms with Crippen molar-refractivity contribution >= 4 is 33.2 Å². The average Bonchev–Trinajstić information content (AvgIpc) is 2.84. The van der Waals surface area contributed by atoms with Gasteiger partial charge in [0.25, 0.3) is 0 Å². The van der Waals surface area contributed by atoms with Gasteiger partial charge in [-0.3, -0.25) is 4.79 Å². The van der Waals surface area contributed by atoms with Gasteiger partial charge in [0.05, 0.1) is 15.9 Å². The summed E-state index contributed by atoms with van der Waals surface area (Å²) in [5.74, 6) is 0.159. The van der Waals surface area contributed by atoms with Gasteiger partial charge in [0.2, 0.25) is 5.91 Å². The number of likely N-dealkylation sites (N-methyl/N-ethyl adjacent to an activating group) is 1. The molecule has 2 atom stereocenters. The lowest BCUT2D eigenvalue weighted by Crippen LogP contribution is -2.46. The van der Waals surface area contributed by atoms with Crippen molar-refractivity contribution in [3.8, 4) is 0 Å². The second-order valence-corrected chi connectivity index (χ2v) is 8.03. The molecule has 5 heteroatoms. The number of halogens is 1. The fourth-order valence-corrected chi connectivity index (χ4v) is 4.33. The Balaban J connectivity index is 1.76. The fraction of sp³-hybridized carbons (Fsp3) is 0.667. The van der Waals surface area contributed by atoms with Crippen LogP contribution < -0.4 is 0 Å². The molecule has 20 heavy (non-hydrogen) atoms. The van der Waals surface area contributed by atoms with Gasteiger partial charge in [-0.25, -0.2) is 0 Å². The molecule has 0 saturated heterocycles. The lowest BCUT2D eigenvalue weighted by Gasteiger charge is -2.35. The van der Waals surface area contributed by atoms with Crippen LogP contribution in [0.2, 0.25) is 0 Å². The minimum atomic E-state index is -0.342. The highest BCUT2D eigenvalue weighted by Gasteiger charge is 2.28. The number of carbonyl (C=O) groups is 1. The first-order valence-electron chi connectivity index (χ1n) is 7.26. The molecule has 1 aliphatic carbocycles. The summed E-state index contributed by atoms with van der Waals surface area (Å²) in [5.41, 5.74) is 0. The molecule has 1 aliphatic rings. The van der Waals surface area contributed by atoms with Gasteiger partial charge in [-0.1, -0.05) is 12.8 Å². The van der Waals surface area contributed by atoms with E-state index in [4.69, 9.17) is 0 Å². The van der Waals surface area contributed by atoms with Crippen LogP contribution in [0.15, 0.2) is 15.9 Å². The number of carbonyl (C=O) groups excluding carboxylic acids is 1. The number of amides is 1. The van der Waals surface area contributed by atoms with Crippen LogP contribution in [0.1, 0.15) is 43.4 Å². The molecule has 1 N–H and O–H groups in total. The Morgan fingerprint density at radius 3 is 2.85 bits per heavy atom. The minimum Gasteiger partial charge on any atom is -0.391 e. The lowest BCUT2D eigenvalue weighted by molar-refractivity contribution is -0.135. The monoisotopic (exact) mass is 359 g/mol. The van der Waals surface area contributed by atoms with E-state index < -0.39 is 0 Å². The number of thiophene rings is 1. The molecule has 1 aromatic heterocycles. The zero-order chi connectivity index (χ0) is 14.5. The first-order chi connectivity index (χ1) is 9.58. The standard InChI is InChI=1S/C15H22BrNO2S/c1-17(12-6-2-3-7-13(12)18)15(19)8-4-5-11-9-10-14(16)20-11/h9-10,12-13,18H,2-8H2,1H3. The molecule has 1 aromatic rings. The summed E-state index contributed by atoms with van der Waals surface area (Å²) in [6.07, 6.45) is 5.99. The van der Waals surface area contributed by atoms with Gasteiger partial charge < -0.3 is 10.0 Å². The Bertz CT molecular complexity index is 449. The van der Waals surface area contributed by atoms with E-state index in [1.165, 1.54) is 4.88 Å². The Morgan fingerprint density at radius 1 is 1.45 bits per heavy atom. The molecule has 2 rings (SSSR count). The molecule has 112 valence electrons. The quantitative estimate of drug-likeness (QED) is 0.872. The molecule has 0 radical (unpaired) electrons. The molecule has 1 saturated carbocycles. The highest BCUT2D eigenvalue weighted by Crippen LogP contribution is 2.25. The maximum Gasteiger partial charge on any atom is 0.222 e. The van der Waals surface area contributed by atoms with Crippen molar-refractivity contribution in [1.29, 1.82) is 0 Å². The molecule has 3 nitrogen and oxygen atoms in total. The number of hydrogen-bond donors (Lipinski definition) is 1. The van der Waals surface area contributed by atoms with Crippen LogP contribution in [0.4, 0.5) is 0 Å². The summed E-state index contributed by atoms with van der Waals surface area (Å²) in [6, 6.07) is 4.17. The molecule has 0 bridgehead atoms. The van der Waals surface area contributed by atoms with Gasteiger partial charge in [0.1, 0.15) is 0 Å². The maximum atomic E-state index is 12.2. The van der Waals surface area contributed by atoms with E-state index in [1.807, 2.05) is 13.1 Å². The van der Waals surface area contributed by atoms with Crippen LogP contribution >= 0.6 is 27.3 Å². The van der Waals surface area contributed by atoms with Crippen LogP contribution in [-0.2, 0) is 11.2 Å². The molecule has 0 aliphatic heterocycles. The summed E-state index contributed by atoms with van der Waals surface area (Å²) in [7, 11) is 1.84. The molecule has 2 unspecified atom stereocenters. The van der Waals surface area contributed by atoms with E-state index in [0.29, 0.717) is 6.42 Å². The number of rotatable bonds is 5. The van der Waals surface area contributed by atoms with Crippen molar-refractivity contribution in [3.63, 3.8) is 0 Å². The molecule has 0 spiro atoms. The van der Waals surface area contributed by atoms with Crippen LogP contribution in [0.25, 0.3) is 0 Å². The third-order valence-electron chi connectivity index (χ3n) is 4.03. The van der Waals surface area contributed by atoms with E-state index in [0.717, 1.165) is 42.3 Å². The topological polar surface area (TPSA) is 40.5 Å². The number of nitrogens with zero attached hydrogens (tertiary/aromatic N) is 1. The molecule has 1 amide bonds. The Morgan fingerprint density at radius 2 is 2.20 bits per heavy atom. The Hall–Kier alpha value is -0.390. The Labute approximate surface area is 133 Å².